The summed E-state index contributed by atoms with van der Waals surface area (Å²) in [6.45, 7) is -0.128. The Morgan fingerprint density at radius 1 is 1.57 bits per heavy atom. The lowest BCUT2D eigenvalue weighted by atomic mass is 10.2. The molecule has 3 heterocycles. The summed E-state index contributed by atoms with van der Waals surface area (Å²) in [6.07, 6.45) is 2.54. The minimum absolute atomic E-state index is 0.128. The Bertz CT molecular complexity index is 695. The van der Waals surface area contributed by atoms with Gasteiger partial charge in [-0.3, -0.25) is 4.57 Å². The number of anilines is 1. The second-order valence-corrected chi connectivity index (χ2v) is 4.64. The molecule has 1 saturated heterocycles. The molecule has 0 saturated carbocycles. The van der Waals surface area contributed by atoms with E-state index < -0.39 is 12.3 Å². The van der Waals surface area contributed by atoms with Crippen LogP contribution in [0.4, 0.5) is 5.82 Å². The van der Waals surface area contributed by atoms with Gasteiger partial charge in [0.05, 0.1) is 25.1 Å². The lowest BCUT2D eigenvalue weighted by Crippen LogP contribution is -2.18. The maximum atomic E-state index is 9.24. The zero-order chi connectivity index (χ0) is 14.8. The minimum Gasteiger partial charge on any atom is -0.394 e. The number of fused-ring (bicyclic) bond motifs is 1. The summed E-state index contributed by atoms with van der Waals surface area (Å²) in [4.78, 5) is 15.4. The molecule has 0 aliphatic carbocycles. The Kier molecular flexibility index (Phi) is 3.57. The molecular formula is C11H14N8O2. The molecule has 0 unspecified atom stereocenters. The van der Waals surface area contributed by atoms with Crippen molar-refractivity contribution >= 4 is 17.0 Å². The molecule has 0 radical (unpaired) electrons. The van der Waals surface area contributed by atoms with Crippen LogP contribution in [-0.2, 0) is 4.74 Å². The van der Waals surface area contributed by atoms with Gasteiger partial charge in [-0.25, -0.2) is 15.0 Å². The van der Waals surface area contributed by atoms with Gasteiger partial charge in [-0.15, -0.1) is 0 Å². The number of nitrogens with zero attached hydrogens (tertiary/aromatic N) is 7. The smallest absolute Gasteiger partial charge is 0.167 e. The van der Waals surface area contributed by atoms with Crippen LogP contribution >= 0.6 is 0 Å². The van der Waals surface area contributed by atoms with Gasteiger partial charge in [0.2, 0.25) is 0 Å². The van der Waals surface area contributed by atoms with Gasteiger partial charge in [0.15, 0.2) is 11.5 Å². The van der Waals surface area contributed by atoms with Gasteiger partial charge >= 0.3 is 0 Å². The lowest BCUT2D eigenvalue weighted by molar-refractivity contribution is -0.0238. The third kappa shape index (κ3) is 2.25. The van der Waals surface area contributed by atoms with Gasteiger partial charge in [0, 0.05) is 12.0 Å². The van der Waals surface area contributed by atoms with Gasteiger partial charge in [-0.1, -0.05) is 5.11 Å². The first-order valence-electron chi connectivity index (χ1n) is 6.44. The van der Waals surface area contributed by atoms with Crippen molar-refractivity contribution in [2.75, 3.05) is 19.0 Å². The molecule has 110 valence electrons. The molecule has 3 atom stereocenters. The summed E-state index contributed by atoms with van der Waals surface area (Å²) in [5, 5.41) is 15.9. The molecule has 0 amide bonds. The fourth-order valence-corrected chi connectivity index (χ4v) is 2.49. The maximum Gasteiger partial charge on any atom is 0.167 e. The molecule has 2 aromatic rings. The van der Waals surface area contributed by atoms with E-state index in [0.717, 1.165) is 0 Å². The van der Waals surface area contributed by atoms with E-state index in [0.29, 0.717) is 23.4 Å². The summed E-state index contributed by atoms with van der Waals surface area (Å²) in [5.74, 6) is 0.607. The van der Waals surface area contributed by atoms with Crippen molar-refractivity contribution in [3.05, 3.63) is 23.1 Å². The molecule has 21 heavy (non-hydrogen) atoms. The number of hydrogen-bond acceptors (Lipinski definition) is 7. The van der Waals surface area contributed by atoms with E-state index in [1.165, 1.54) is 6.33 Å². The summed E-state index contributed by atoms with van der Waals surface area (Å²) in [5.41, 5.74) is 9.86. The molecule has 1 fully saturated rings. The standard InChI is InChI=1S/C11H14N8O2/c1-13-9-8-10(15-4-14-9)19(5-16-8)11-7(17-18-12)2-6(3-20)21-11/h4-7,11,20H,2-3H2,1H3,(H,13,14,15)/t6-,7-,11+/m0/s1. The molecule has 10 nitrogen and oxygen atoms in total. The third-order valence-corrected chi connectivity index (χ3v) is 3.44. The molecule has 0 bridgehead atoms. The predicted octanol–water partition coefficient (Wildman–Crippen LogP) is 0.827. The highest BCUT2D eigenvalue weighted by molar-refractivity contribution is 5.82. The molecule has 1 aliphatic heterocycles. The van der Waals surface area contributed by atoms with Crippen LogP contribution in [-0.4, -0.2) is 50.4 Å². The summed E-state index contributed by atoms with van der Waals surface area (Å²) in [6, 6.07) is -0.419. The Hall–Kier alpha value is -2.42. The zero-order valence-electron chi connectivity index (χ0n) is 11.3. The first kappa shape index (κ1) is 13.6. The number of azide groups is 1. The lowest BCUT2D eigenvalue weighted by Gasteiger charge is -2.16. The fraction of sp³-hybridized carbons (Fsp3) is 0.545. The Morgan fingerprint density at radius 3 is 3.14 bits per heavy atom. The number of imidazole rings is 1. The number of hydrogen-bond donors (Lipinski definition) is 2. The molecule has 0 spiro atoms. The minimum atomic E-state index is -0.539. The maximum absolute atomic E-state index is 9.24. The van der Waals surface area contributed by atoms with Crippen LogP contribution in [0.1, 0.15) is 12.6 Å². The molecule has 0 aromatic carbocycles. The van der Waals surface area contributed by atoms with E-state index >= 15 is 0 Å². The SMILES string of the molecule is CNc1ncnc2c1ncn2[C@@H]1O[C@H](CO)C[C@@H]1N=[N+]=[N-]. The Labute approximate surface area is 119 Å². The van der Waals surface area contributed by atoms with Crippen LogP contribution in [0.5, 0.6) is 0 Å². The largest absolute Gasteiger partial charge is 0.394 e. The third-order valence-electron chi connectivity index (χ3n) is 3.44. The van der Waals surface area contributed by atoms with E-state index in [1.54, 1.807) is 17.9 Å². The Balaban J connectivity index is 2.05. The first-order valence-corrected chi connectivity index (χ1v) is 6.44. The van der Waals surface area contributed by atoms with Crippen molar-refractivity contribution in [2.45, 2.75) is 24.8 Å². The summed E-state index contributed by atoms with van der Waals surface area (Å²) in [7, 11) is 1.75. The fourth-order valence-electron chi connectivity index (χ4n) is 2.49. The van der Waals surface area contributed by atoms with Crippen LogP contribution in [0, 0.1) is 0 Å². The number of nitrogens with one attached hydrogen (secondary N) is 1. The van der Waals surface area contributed by atoms with Gasteiger partial charge in [-0.2, -0.15) is 0 Å². The number of rotatable bonds is 4. The van der Waals surface area contributed by atoms with Gasteiger partial charge < -0.3 is 15.2 Å². The summed E-state index contributed by atoms with van der Waals surface area (Å²) < 4.78 is 7.43. The number of ether oxygens (including phenoxy) is 1. The van der Waals surface area contributed by atoms with Crippen molar-refractivity contribution in [1.82, 2.24) is 19.5 Å². The molecule has 10 heteroatoms. The highest BCUT2D eigenvalue weighted by Crippen LogP contribution is 2.33. The highest BCUT2D eigenvalue weighted by Gasteiger charge is 2.36. The Morgan fingerprint density at radius 2 is 2.43 bits per heavy atom. The number of aromatic nitrogens is 4. The first-order chi connectivity index (χ1) is 10.3. The predicted molar refractivity (Wildman–Crippen MR) is 73.4 cm³/mol. The van der Waals surface area contributed by atoms with E-state index in [2.05, 4.69) is 30.3 Å². The van der Waals surface area contributed by atoms with Gasteiger partial charge in [0.1, 0.15) is 18.1 Å². The molecule has 3 rings (SSSR count). The van der Waals surface area contributed by atoms with Crippen molar-refractivity contribution in [3.8, 4) is 0 Å². The normalized spacial score (nSPS) is 25.0. The molecule has 2 aromatic heterocycles. The summed E-state index contributed by atoms with van der Waals surface area (Å²) >= 11 is 0. The highest BCUT2D eigenvalue weighted by atomic mass is 16.5. The second-order valence-electron chi connectivity index (χ2n) is 4.64. The van der Waals surface area contributed by atoms with Crippen LogP contribution in [0.2, 0.25) is 0 Å². The van der Waals surface area contributed by atoms with Crippen LogP contribution in [0.3, 0.4) is 0 Å². The van der Waals surface area contributed by atoms with E-state index in [1.807, 2.05) is 0 Å². The van der Waals surface area contributed by atoms with Crippen molar-refractivity contribution in [2.24, 2.45) is 5.11 Å². The van der Waals surface area contributed by atoms with Gasteiger partial charge in [0.25, 0.3) is 0 Å². The van der Waals surface area contributed by atoms with Gasteiger partial charge in [-0.05, 0) is 12.0 Å². The van der Waals surface area contributed by atoms with Crippen molar-refractivity contribution in [1.29, 1.82) is 0 Å². The van der Waals surface area contributed by atoms with E-state index in [9.17, 15) is 5.11 Å². The quantitative estimate of drug-likeness (QED) is 0.486. The molecule has 1 aliphatic rings. The van der Waals surface area contributed by atoms with E-state index in [-0.39, 0.29) is 12.7 Å². The van der Waals surface area contributed by atoms with Crippen LogP contribution in [0.25, 0.3) is 21.6 Å². The molecule has 2 N–H and O–H groups in total. The monoisotopic (exact) mass is 290 g/mol. The van der Waals surface area contributed by atoms with Crippen LogP contribution < -0.4 is 5.32 Å². The molecular weight excluding hydrogens is 276 g/mol. The zero-order valence-corrected chi connectivity index (χ0v) is 11.3. The van der Waals surface area contributed by atoms with Crippen molar-refractivity contribution in [3.63, 3.8) is 0 Å². The van der Waals surface area contributed by atoms with Crippen LogP contribution in [0.15, 0.2) is 17.8 Å². The topological polar surface area (TPSA) is 134 Å². The number of aliphatic hydroxyl groups is 1. The van der Waals surface area contributed by atoms with Crippen molar-refractivity contribution < 1.29 is 9.84 Å². The van der Waals surface area contributed by atoms with E-state index in [4.69, 9.17) is 10.3 Å². The average Bonchev–Trinajstić information content (AvgIpc) is 3.10. The second kappa shape index (κ2) is 5.52. The number of aliphatic hydroxyl groups excluding tert-OH is 1. The average molecular weight is 290 g/mol.